The second kappa shape index (κ2) is 68.3. The molecule has 460 valence electrons. The second-order valence-electron chi connectivity index (χ2n) is 21.3. The molecule has 0 fully saturated rings. The third-order valence-corrected chi connectivity index (χ3v) is 13.5. The van der Waals surface area contributed by atoms with Gasteiger partial charge >= 0.3 is 17.9 Å². The fraction of sp³-hybridized carbons (Fsp3) is 0.592. The first-order valence-corrected chi connectivity index (χ1v) is 33.1. The third kappa shape index (κ3) is 65.6. The molecule has 0 bridgehead atoms. The van der Waals surface area contributed by atoms with Crippen LogP contribution in [0.3, 0.4) is 0 Å². The van der Waals surface area contributed by atoms with Crippen molar-refractivity contribution in [3.63, 3.8) is 0 Å². The van der Waals surface area contributed by atoms with Gasteiger partial charge in [0.1, 0.15) is 13.2 Å². The summed E-state index contributed by atoms with van der Waals surface area (Å²) in [4.78, 5) is 38.1. The summed E-state index contributed by atoms with van der Waals surface area (Å²) in [5.74, 6) is -0.933. The minimum Gasteiger partial charge on any atom is -0.462 e. The Bertz CT molecular complexity index is 1870. The molecule has 0 aromatic heterocycles. The van der Waals surface area contributed by atoms with Crippen LogP contribution in [0, 0.1) is 0 Å². The van der Waals surface area contributed by atoms with Crippen molar-refractivity contribution in [1.29, 1.82) is 0 Å². The second-order valence-corrected chi connectivity index (χ2v) is 21.3. The highest BCUT2D eigenvalue weighted by Crippen LogP contribution is 2.15. The van der Waals surface area contributed by atoms with Crippen LogP contribution < -0.4 is 0 Å². The first kappa shape index (κ1) is 76.8. The van der Waals surface area contributed by atoms with Gasteiger partial charge in [-0.25, -0.2) is 0 Å². The molecule has 0 aliphatic heterocycles. The van der Waals surface area contributed by atoms with E-state index in [0.29, 0.717) is 19.3 Å². The maximum Gasteiger partial charge on any atom is 0.306 e. The monoisotopic (exact) mass is 1130 g/mol. The topological polar surface area (TPSA) is 78.9 Å². The van der Waals surface area contributed by atoms with Gasteiger partial charge in [0.25, 0.3) is 0 Å². The number of carbonyl (C=O) groups excluding carboxylic acids is 3. The Morgan fingerprint density at radius 2 is 0.476 bits per heavy atom. The summed E-state index contributed by atoms with van der Waals surface area (Å²) >= 11 is 0. The van der Waals surface area contributed by atoms with Crippen LogP contribution in [0.5, 0.6) is 0 Å². The first-order chi connectivity index (χ1) is 40.5. The van der Waals surface area contributed by atoms with Gasteiger partial charge in [-0.05, 0) is 135 Å². The first-order valence-electron chi connectivity index (χ1n) is 33.1. The van der Waals surface area contributed by atoms with Gasteiger partial charge in [-0.1, -0.05) is 287 Å². The summed E-state index contributed by atoms with van der Waals surface area (Å²) in [7, 11) is 0. The largest absolute Gasteiger partial charge is 0.462 e. The van der Waals surface area contributed by atoms with Crippen LogP contribution in [0.15, 0.2) is 170 Å². The third-order valence-electron chi connectivity index (χ3n) is 13.5. The van der Waals surface area contributed by atoms with E-state index in [1.54, 1.807) is 0 Å². The molecule has 0 saturated carbocycles. The van der Waals surface area contributed by atoms with E-state index in [4.69, 9.17) is 14.2 Å². The number of hydrogen-bond donors (Lipinski definition) is 0. The van der Waals surface area contributed by atoms with E-state index in [9.17, 15) is 14.4 Å². The van der Waals surface area contributed by atoms with Crippen LogP contribution >= 0.6 is 0 Å². The Kier molecular flexibility index (Phi) is 63.9. The van der Waals surface area contributed by atoms with Crippen LogP contribution in [0.1, 0.15) is 271 Å². The minimum atomic E-state index is -0.795. The molecule has 0 radical (unpaired) electrons. The Balaban J connectivity index is 4.19. The number of esters is 3. The van der Waals surface area contributed by atoms with Crippen molar-refractivity contribution in [2.75, 3.05) is 13.2 Å². The summed E-state index contributed by atoms with van der Waals surface area (Å²) < 4.78 is 16.8. The van der Waals surface area contributed by atoms with Crippen molar-refractivity contribution >= 4 is 17.9 Å². The SMILES string of the molecule is CC/C=C\C/C=C\C/C=C\C/C=C\C/C=C\C/C=C\C/C=C\C/C=C\C/C=C\CCCCCCCC(=O)OCC(COC(=O)CCCCCCCC)OC(=O)CCCCCCCCCCC/C=C\C/C=C\C/C=C\C/C=C\C/C=C\CC. The van der Waals surface area contributed by atoms with Crippen molar-refractivity contribution in [2.24, 2.45) is 0 Å². The lowest BCUT2D eigenvalue weighted by Gasteiger charge is -2.18. The summed E-state index contributed by atoms with van der Waals surface area (Å²) in [6.45, 7) is 6.32. The van der Waals surface area contributed by atoms with Crippen LogP contribution in [0.4, 0.5) is 0 Å². The van der Waals surface area contributed by atoms with Crippen LogP contribution in [0.25, 0.3) is 0 Å². The lowest BCUT2D eigenvalue weighted by molar-refractivity contribution is -0.167. The molecule has 0 saturated heterocycles. The van der Waals surface area contributed by atoms with E-state index in [2.05, 4.69) is 191 Å². The zero-order chi connectivity index (χ0) is 59.2. The molecule has 0 amide bonds. The molecule has 0 aromatic carbocycles. The van der Waals surface area contributed by atoms with Crippen molar-refractivity contribution in [3.8, 4) is 0 Å². The minimum absolute atomic E-state index is 0.0929. The number of ether oxygens (including phenoxy) is 3. The summed E-state index contributed by atoms with van der Waals surface area (Å²) in [5.41, 5.74) is 0. The van der Waals surface area contributed by atoms with Gasteiger partial charge in [-0.15, -0.1) is 0 Å². The molecule has 0 aliphatic rings. The zero-order valence-corrected chi connectivity index (χ0v) is 52.7. The molecule has 0 heterocycles. The highest BCUT2D eigenvalue weighted by Gasteiger charge is 2.19. The number of allylic oxidation sites excluding steroid dienone is 28. The van der Waals surface area contributed by atoms with E-state index in [0.717, 1.165) is 173 Å². The number of carbonyl (C=O) groups is 3. The van der Waals surface area contributed by atoms with E-state index in [1.165, 1.54) is 57.8 Å². The molecule has 0 spiro atoms. The smallest absolute Gasteiger partial charge is 0.306 e. The van der Waals surface area contributed by atoms with E-state index in [-0.39, 0.29) is 31.1 Å². The van der Waals surface area contributed by atoms with Gasteiger partial charge in [0.15, 0.2) is 6.10 Å². The highest BCUT2D eigenvalue weighted by molar-refractivity contribution is 5.71. The molecule has 0 N–H and O–H groups in total. The Labute approximate surface area is 504 Å². The Hall–Kier alpha value is -5.23. The molecule has 0 aromatic rings. The van der Waals surface area contributed by atoms with Crippen molar-refractivity contribution in [1.82, 2.24) is 0 Å². The van der Waals surface area contributed by atoms with Crippen molar-refractivity contribution in [3.05, 3.63) is 170 Å². The Morgan fingerprint density at radius 1 is 0.256 bits per heavy atom. The summed E-state index contributed by atoms with van der Waals surface area (Å²) in [6, 6.07) is 0. The van der Waals surface area contributed by atoms with Crippen LogP contribution in [0.2, 0.25) is 0 Å². The zero-order valence-electron chi connectivity index (χ0n) is 52.7. The van der Waals surface area contributed by atoms with E-state index in [1.807, 2.05) is 0 Å². The number of hydrogen-bond acceptors (Lipinski definition) is 6. The van der Waals surface area contributed by atoms with Gasteiger partial charge in [0.05, 0.1) is 0 Å². The average Bonchev–Trinajstić information content (AvgIpc) is 3.47. The van der Waals surface area contributed by atoms with Gasteiger partial charge in [0.2, 0.25) is 0 Å². The molecule has 0 aliphatic carbocycles. The quantitative estimate of drug-likeness (QED) is 0.0261. The van der Waals surface area contributed by atoms with Gasteiger partial charge in [-0.3, -0.25) is 14.4 Å². The Morgan fingerprint density at radius 3 is 0.744 bits per heavy atom. The number of rotatable bonds is 58. The fourth-order valence-electron chi connectivity index (χ4n) is 8.58. The molecular weight excluding hydrogens is 1010 g/mol. The average molecular weight is 1130 g/mol. The maximum absolute atomic E-state index is 12.9. The molecule has 6 heteroatoms. The van der Waals surface area contributed by atoms with Gasteiger partial charge in [0, 0.05) is 19.3 Å². The number of unbranched alkanes of at least 4 members (excludes halogenated alkanes) is 19. The predicted molar refractivity (Wildman–Crippen MR) is 357 cm³/mol. The molecule has 1 atom stereocenters. The summed E-state index contributed by atoms with van der Waals surface area (Å²) in [5, 5.41) is 0. The van der Waals surface area contributed by atoms with E-state index < -0.39 is 6.10 Å². The molecule has 6 nitrogen and oxygen atoms in total. The van der Waals surface area contributed by atoms with Crippen molar-refractivity contribution in [2.45, 2.75) is 277 Å². The standard InChI is InChI=1S/C76H120O6/c1-4-7-10-13-16-18-20-22-24-26-28-30-32-34-35-36-37-38-39-40-41-43-44-46-48-50-52-54-56-58-60-63-66-69-75(78)81-72-73(71-80-74(77)68-65-62-15-12-9-6-3)82-76(79)70-67-64-61-59-57-55-53-51-49-47-45-42-33-31-29-27-25-23-21-19-17-14-11-8-5-2/h7-8,10-11,16-19,22-25,28-31,34-35,37-38,40-42,44-46,50,52,73H,4-6,9,12-15,20-21,26-27,32-33,36,39,43,47-49,51,53-72H2,1-3H3/b10-7-,11-8-,18-16-,19-17-,24-22-,25-23-,30-28-,31-29-,35-34-,38-37-,41-40-,45-42-,46-44-,52-50-. The predicted octanol–water partition coefficient (Wildman–Crippen LogP) is 23.0. The molecule has 0 rings (SSSR count). The van der Waals surface area contributed by atoms with Crippen LogP contribution in [-0.2, 0) is 28.6 Å². The highest BCUT2D eigenvalue weighted by atomic mass is 16.6. The lowest BCUT2D eigenvalue weighted by atomic mass is 10.1. The van der Waals surface area contributed by atoms with Gasteiger partial charge < -0.3 is 14.2 Å². The summed E-state index contributed by atoms with van der Waals surface area (Å²) in [6.07, 6.45) is 101. The molecule has 1 unspecified atom stereocenters. The lowest BCUT2D eigenvalue weighted by Crippen LogP contribution is -2.30. The maximum atomic E-state index is 12.9. The van der Waals surface area contributed by atoms with Gasteiger partial charge in [-0.2, -0.15) is 0 Å². The van der Waals surface area contributed by atoms with E-state index >= 15 is 0 Å². The molecule has 82 heavy (non-hydrogen) atoms. The van der Waals surface area contributed by atoms with Crippen LogP contribution in [-0.4, -0.2) is 37.2 Å². The normalized spacial score (nSPS) is 13.3. The van der Waals surface area contributed by atoms with Crippen molar-refractivity contribution < 1.29 is 28.6 Å². The molecular formula is C76H120O6. The fourth-order valence-corrected chi connectivity index (χ4v) is 8.58.